The summed E-state index contributed by atoms with van der Waals surface area (Å²) in [7, 11) is 0. The molecular weight excluding hydrogens is 209 g/mol. The summed E-state index contributed by atoms with van der Waals surface area (Å²) in [6.45, 7) is 2.30. The molecule has 0 aromatic heterocycles. The van der Waals surface area contributed by atoms with Gasteiger partial charge in [0, 0.05) is 19.6 Å². The van der Waals surface area contributed by atoms with E-state index in [4.69, 9.17) is 4.74 Å². The predicted molar refractivity (Wildman–Crippen MR) is 59.1 cm³/mol. The van der Waals surface area contributed by atoms with Gasteiger partial charge in [-0.15, -0.1) is 0 Å². The minimum Gasteiger partial charge on any atom is -0.508 e. The second-order valence-corrected chi connectivity index (χ2v) is 4.05. The second kappa shape index (κ2) is 5.27. The molecule has 0 aliphatic carbocycles. The highest BCUT2D eigenvalue weighted by Crippen LogP contribution is 2.15. The van der Waals surface area contributed by atoms with Gasteiger partial charge < -0.3 is 9.84 Å². The number of aromatic hydroxyl groups is 1. The van der Waals surface area contributed by atoms with Crippen LogP contribution in [-0.2, 0) is 11.3 Å². The van der Waals surface area contributed by atoms with Crippen LogP contribution in [0.2, 0.25) is 0 Å². The van der Waals surface area contributed by atoms with Crippen LogP contribution in [0.3, 0.4) is 0 Å². The lowest BCUT2D eigenvalue weighted by Gasteiger charge is -2.31. The molecule has 0 spiro atoms. The molecule has 1 aliphatic rings. The molecule has 0 radical (unpaired) electrons. The van der Waals surface area contributed by atoms with E-state index in [0.29, 0.717) is 13.2 Å². The molecule has 1 aromatic carbocycles. The Morgan fingerprint density at radius 2 is 2.38 bits per heavy atom. The smallest absolute Gasteiger partial charge is 0.117 e. The zero-order chi connectivity index (χ0) is 11.4. The first-order valence-electron chi connectivity index (χ1n) is 5.46. The van der Waals surface area contributed by atoms with Crippen molar-refractivity contribution in [2.45, 2.75) is 12.6 Å². The maximum atomic E-state index is 12.5. The number of morpholine rings is 1. The number of benzene rings is 1. The van der Waals surface area contributed by atoms with Gasteiger partial charge in [-0.2, -0.15) is 0 Å². The van der Waals surface area contributed by atoms with E-state index in [0.717, 1.165) is 18.7 Å². The summed E-state index contributed by atoms with van der Waals surface area (Å²) in [6.07, 6.45) is -0.300. The summed E-state index contributed by atoms with van der Waals surface area (Å²) in [5, 5.41) is 9.34. The van der Waals surface area contributed by atoms with Gasteiger partial charge in [-0.3, -0.25) is 4.90 Å². The van der Waals surface area contributed by atoms with Crippen LogP contribution in [-0.4, -0.2) is 42.5 Å². The summed E-state index contributed by atoms with van der Waals surface area (Å²) in [5.41, 5.74) is 1.04. The Labute approximate surface area is 94.4 Å². The Hall–Kier alpha value is -1.13. The minimum absolute atomic E-state index is 0.271. The zero-order valence-electron chi connectivity index (χ0n) is 9.10. The molecule has 1 saturated heterocycles. The molecule has 0 amide bonds. The number of rotatable bonds is 3. The van der Waals surface area contributed by atoms with Crippen LogP contribution < -0.4 is 0 Å². The first kappa shape index (κ1) is 11.4. The van der Waals surface area contributed by atoms with Crippen molar-refractivity contribution in [2.75, 3.05) is 26.4 Å². The van der Waals surface area contributed by atoms with E-state index in [1.165, 1.54) is 0 Å². The van der Waals surface area contributed by atoms with Gasteiger partial charge in [0.2, 0.25) is 0 Å². The SMILES string of the molecule is Oc1cccc(CN2CCO[C@H](CF)C2)c1. The second-order valence-electron chi connectivity index (χ2n) is 4.05. The molecule has 0 bridgehead atoms. The van der Waals surface area contributed by atoms with Crippen LogP contribution in [0, 0.1) is 0 Å². The van der Waals surface area contributed by atoms with Crippen LogP contribution in [0.5, 0.6) is 5.75 Å². The van der Waals surface area contributed by atoms with Crippen molar-refractivity contribution in [1.82, 2.24) is 4.90 Å². The van der Waals surface area contributed by atoms with Crippen LogP contribution in [0.15, 0.2) is 24.3 Å². The van der Waals surface area contributed by atoms with Gasteiger partial charge in [0.25, 0.3) is 0 Å². The molecule has 1 aliphatic heterocycles. The third-order valence-electron chi connectivity index (χ3n) is 2.71. The van der Waals surface area contributed by atoms with Crippen LogP contribution in [0.1, 0.15) is 5.56 Å². The van der Waals surface area contributed by atoms with E-state index in [-0.39, 0.29) is 11.9 Å². The molecule has 3 nitrogen and oxygen atoms in total. The Kier molecular flexibility index (Phi) is 3.74. The van der Waals surface area contributed by atoms with Crippen molar-refractivity contribution in [2.24, 2.45) is 0 Å². The lowest BCUT2D eigenvalue weighted by Crippen LogP contribution is -2.42. The van der Waals surface area contributed by atoms with E-state index in [2.05, 4.69) is 4.90 Å². The first-order valence-corrected chi connectivity index (χ1v) is 5.46. The van der Waals surface area contributed by atoms with Gasteiger partial charge >= 0.3 is 0 Å². The molecule has 16 heavy (non-hydrogen) atoms. The van der Waals surface area contributed by atoms with E-state index in [9.17, 15) is 9.50 Å². The normalized spacial score (nSPS) is 22.2. The Bertz CT molecular complexity index is 346. The van der Waals surface area contributed by atoms with Gasteiger partial charge in [0.1, 0.15) is 12.4 Å². The fourth-order valence-electron chi connectivity index (χ4n) is 1.93. The molecule has 88 valence electrons. The highest BCUT2D eigenvalue weighted by Gasteiger charge is 2.20. The lowest BCUT2D eigenvalue weighted by molar-refractivity contribution is -0.0412. The molecule has 2 rings (SSSR count). The Balaban J connectivity index is 1.94. The summed E-state index contributed by atoms with van der Waals surface area (Å²) >= 11 is 0. The van der Waals surface area contributed by atoms with E-state index >= 15 is 0 Å². The zero-order valence-corrected chi connectivity index (χ0v) is 9.10. The Morgan fingerprint density at radius 1 is 1.50 bits per heavy atom. The maximum absolute atomic E-state index is 12.5. The van der Waals surface area contributed by atoms with Crippen LogP contribution >= 0.6 is 0 Å². The summed E-state index contributed by atoms with van der Waals surface area (Å²) in [4.78, 5) is 2.14. The number of halogens is 1. The molecular formula is C12H16FNO2. The number of ether oxygens (including phenoxy) is 1. The van der Waals surface area contributed by atoms with Crippen molar-refractivity contribution >= 4 is 0 Å². The van der Waals surface area contributed by atoms with Crippen molar-refractivity contribution in [3.8, 4) is 5.75 Å². The maximum Gasteiger partial charge on any atom is 0.117 e. The quantitative estimate of drug-likeness (QED) is 0.847. The third kappa shape index (κ3) is 2.93. The molecule has 4 heteroatoms. The fraction of sp³-hybridized carbons (Fsp3) is 0.500. The molecule has 0 saturated carbocycles. The summed E-state index contributed by atoms with van der Waals surface area (Å²) < 4.78 is 17.7. The van der Waals surface area contributed by atoms with Crippen LogP contribution in [0.25, 0.3) is 0 Å². The van der Waals surface area contributed by atoms with Crippen molar-refractivity contribution in [1.29, 1.82) is 0 Å². The summed E-state index contributed by atoms with van der Waals surface area (Å²) in [6, 6.07) is 7.16. The minimum atomic E-state index is -0.434. The number of phenols is 1. The lowest BCUT2D eigenvalue weighted by atomic mass is 10.2. The molecule has 1 N–H and O–H groups in total. The van der Waals surface area contributed by atoms with Gasteiger partial charge in [0.05, 0.1) is 12.7 Å². The monoisotopic (exact) mass is 225 g/mol. The first-order chi connectivity index (χ1) is 7.78. The predicted octanol–water partition coefficient (Wildman–Crippen LogP) is 1.56. The van der Waals surface area contributed by atoms with E-state index in [1.54, 1.807) is 12.1 Å². The Morgan fingerprint density at radius 3 is 3.12 bits per heavy atom. The molecule has 1 heterocycles. The number of alkyl halides is 1. The average Bonchev–Trinajstić information content (AvgIpc) is 2.29. The highest BCUT2D eigenvalue weighted by molar-refractivity contribution is 5.27. The standard InChI is InChI=1S/C12H16FNO2/c13-7-12-9-14(4-5-16-12)8-10-2-1-3-11(15)6-10/h1-3,6,12,15H,4-5,7-9H2/t12-/m1/s1. The molecule has 0 unspecified atom stereocenters. The van der Waals surface area contributed by atoms with Gasteiger partial charge in [-0.05, 0) is 17.7 Å². The van der Waals surface area contributed by atoms with Gasteiger partial charge in [0.15, 0.2) is 0 Å². The fourth-order valence-corrected chi connectivity index (χ4v) is 1.93. The highest BCUT2D eigenvalue weighted by atomic mass is 19.1. The third-order valence-corrected chi connectivity index (χ3v) is 2.71. The van der Waals surface area contributed by atoms with E-state index in [1.807, 2.05) is 12.1 Å². The summed E-state index contributed by atoms with van der Waals surface area (Å²) in [5.74, 6) is 0.271. The molecule has 1 aromatic rings. The topological polar surface area (TPSA) is 32.7 Å². The number of phenolic OH excluding ortho intramolecular Hbond substituents is 1. The van der Waals surface area contributed by atoms with Crippen molar-refractivity contribution in [3.63, 3.8) is 0 Å². The largest absolute Gasteiger partial charge is 0.508 e. The van der Waals surface area contributed by atoms with Crippen LogP contribution in [0.4, 0.5) is 4.39 Å². The number of hydrogen-bond acceptors (Lipinski definition) is 3. The number of hydrogen-bond donors (Lipinski definition) is 1. The van der Waals surface area contributed by atoms with Gasteiger partial charge in [-0.25, -0.2) is 4.39 Å². The molecule has 1 fully saturated rings. The van der Waals surface area contributed by atoms with Gasteiger partial charge in [-0.1, -0.05) is 12.1 Å². The van der Waals surface area contributed by atoms with Crippen molar-refractivity contribution < 1.29 is 14.2 Å². The average molecular weight is 225 g/mol. The molecule has 1 atom stereocenters. The number of nitrogens with zero attached hydrogens (tertiary/aromatic N) is 1. The van der Waals surface area contributed by atoms with Crippen molar-refractivity contribution in [3.05, 3.63) is 29.8 Å². The van der Waals surface area contributed by atoms with E-state index < -0.39 is 6.67 Å².